The maximum absolute atomic E-state index is 12.5. The Labute approximate surface area is 436 Å². The number of carbonyl (C=O) groups excluding carboxylic acids is 2. The first kappa shape index (κ1) is 55.7. The molecule has 0 saturated carbocycles. The molecule has 0 aliphatic carbocycles. The monoisotopic (exact) mass is 1070 g/mol. The van der Waals surface area contributed by atoms with Gasteiger partial charge in [-0.2, -0.15) is 20.1 Å². The van der Waals surface area contributed by atoms with Gasteiger partial charge in [0.2, 0.25) is 41.4 Å². The second-order valence-corrected chi connectivity index (χ2v) is 16.8. The van der Waals surface area contributed by atoms with E-state index < -0.39 is 20.5 Å². The molecule has 10 N–H and O–H groups in total. The van der Waals surface area contributed by atoms with E-state index in [1.165, 1.54) is 17.3 Å². The normalized spacial score (nSPS) is 10.7. The van der Waals surface area contributed by atoms with Crippen LogP contribution in [0.15, 0.2) is 97.6 Å². The summed E-state index contributed by atoms with van der Waals surface area (Å²) in [5, 5.41) is 27.9. The molecular weight excluding hydrogens is 1020 g/mol. The molecule has 0 saturated heterocycles. The number of anilines is 5. The topological polar surface area (TPSA) is 342 Å². The molecule has 0 aliphatic rings. The predicted octanol–water partition coefficient (Wildman–Crippen LogP) is 5.63. The van der Waals surface area contributed by atoms with E-state index >= 15 is 0 Å². The van der Waals surface area contributed by atoms with Crippen LogP contribution in [0.1, 0.15) is 27.7 Å². The van der Waals surface area contributed by atoms with Crippen molar-refractivity contribution in [3.05, 3.63) is 108 Å². The number of rotatable bonds is 13. The van der Waals surface area contributed by atoms with Crippen molar-refractivity contribution in [2.75, 3.05) is 54.4 Å². The first-order chi connectivity index (χ1) is 35.9. The highest BCUT2D eigenvalue weighted by Crippen LogP contribution is 2.28. The SMILES string of the molecule is CC(C)C(=O)Nc1ccc(-c2ccc3nc(N)nc(OCCF)c3n2)cc1.CC(C)C(=O)Nc1ccc(B(O)O)cc1.Nc1nc(-n2cncn2)c2nc(Cl)ccc2n1.Nc1nc(OCCF)c2nc(Cl)ccc2n1. The molecule has 9 rings (SSSR count). The van der Waals surface area contributed by atoms with Gasteiger partial charge in [0.15, 0.2) is 16.9 Å². The molecule has 0 fully saturated rings. The number of aromatic nitrogens is 12. The number of nitrogens with two attached hydrogens (primary N) is 3. The molecule has 0 unspecified atom stereocenters. The zero-order chi connectivity index (χ0) is 54.2. The third-order valence-electron chi connectivity index (χ3n) is 9.77. The average Bonchev–Trinajstić information content (AvgIpc) is 3.93. The number of ether oxygens (including phenoxy) is 2. The van der Waals surface area contributed by atoms with Gasteiger partial charge in [-0.15, -0.1) is 0 Å². The Balaban J connectivity index is 0.000000168. The molecule has 2 amide bonds. The van der Waals surface area contributed by atoms with Crippen molar-refractivity contribution in [2.45, 2.75) is 27.7 Å². The Bertz CT molecular complexity index is 3370. The highest BCUT2D eigenvalue weighted by molar-refractivity contribution is 6.58. The smallest absolute Gasteiger partial charge is 0.473 e. The van der Waals surface area contributed by atoms with E-state index in [1.54, 1.807) is 74.5 Å². The van der Waals surface area contributed by atoms with Gasteiger partial charge in [-0.25, -0.2) is 48.4 Å². The summed E-state index contributed by atoms with van der Waals surface area (Å²) in [5.41, 5.74) is 23.0. The lowest BCUT2D eigenvalue weighted by Gasteiger charge is -2.10. The van der Waals surface area contributed by atoms with Crippen molar-refractivity contribution >= 4 is 110 Å². The maximum Gasteiger partial charge on any atom is 0.488 e. The summed E-state index contributed by atoms with van der Waals surface area (Å²) in [6, 6.07) is 23.8. The van der Waals surface area contributed by atoms with Crippen LogP contribution in [-0.4, -0.2) is 115 Å². The van der Waals surface area contributed by atoms with Gasteiger partial charge in [0, 0.05) is 28.8 Å². The van der Waals surface area contributed by atoms with E-state index in [4.69, 9.17) is 59.9 Å². The number of nitrogens with zero attached hydrogens (tertiary/aromatic N) is 12. The molecule has 0 aliphatic heterocycles. The average molecular weight is 1070 g/mol. The molecule has 23 nitrogen and oxygen atoms in total. The van der Waals surface area contributed by atoms with E-state index in [2.05, 4.69) is 65.6 Å². The number of alkyl halides is 2. The number of hydrogen-bond donors (Lipinski definition) is 7. The Hall–Kier alpha value is -8.59. The number of hydrogen-bond acceptors (Lipinski definition) is 20. The molecule has 9 aromatic rings. The van der Waals surface area contributed by atoms with Crippen molar-refractivity contribution in [2.24, 2.45) is 11.8 Å². The summed E-state index contributed by atoms with van der Waals surface area (Å²) in [6.45, 7) is 5.77. The van der Waals surface area contributed by atoms with Gasteiger partial charge in [0.1, 0.15) is 55.0 Å². The van der Waals surface area contributed by atoms with Gasteiger partial charge in [-0.05, 0) is 66.1 Å². The van der Waals surface area contributed by atoms with E-state index in [0.29, 0.717) is 66.6 Å². The number of nitrogens with one attached hydrogen (secondary N) is 2. The lowest BCUT2D eigenvalue weighted by atomic mass is 9.80. The third kappa shape index (κ3) is 15.7. The minimum Gasteiger partial charge on any atom is -0.473 e. The van der Waals surface area contributed by atoms with Crippen LogP contribution in [0.3, 0.4) is 0 Å². The quantitative estimate of drug-likeness (QED) is 0.0543. The van der Waals surface area contributed by atoms with Gasteiger partial charge in [0.05, 0.1) is 22.2 Å². The van der Waals surface area contributed by atoms with Gasteiger partial charge in [0.25, 0.3) is 0 Å². The maximum atomic E-state index is 12.5. The number of benzene rings is 2. The lowest BCUT2D eigenvalue weighted by molar-refractivity contribution is -0.119. The summed E-state index contributed by atoms with van der Waals surface area (Å²) >= 11 is 11.6. The molecule has 0 bridgehead atoms. The van der Waals surface area contributed by atoms with Crippen molar-refractivity contribution in [1.82, 2.24) is 59.6 Å². The third-order valence-corrected chi connectivity index (χ3v) is 10.2. The molecule has 7 heterocycles. The predicted molar refractivity (Wildman–Crippen MR) is 282 cm³/mol. The first-order valence-corrected chi connectivity index (χ1v) is 23.2. The van der Waals surface area contributed by atoms with Gasteiger partial charge in [-0.1, -0.05) is 75.2 Å². The van der Waals surface area contributed by atoms with E-state index in [0.717, 1.165) is 5.56 Å². The minimum atomic E-state index is -1.47. The summed E-state index contributed by atoms with van der Waals surface area (Å²) in [7, 11) is -1.47. The Morgan fingerprint density at radius 3 is 1.53 bits per heavy atom. The van der Waals surface area contributed by atoms with Crippen molar-refractivity contribution in [3.63, 3.8) is 0 Å². The minimum absolute atomic E-state index is 0.0381. The zero-order valence-electron chi connectivity index (χ0n) is 40.4. The van der Waals surface area contributed by atoms with Crippen LogP contribution in [0.5, 0.6) is 11.8 Å². The molecule has 0 spiro atoms. The van der Waals surface area contributed by atoms with E-state index in [1.807, 2.05) is 38.1 Å². The fourth-order valence-corrected chi connectivity index (χ4v) is 6.42. The number of carbonyl (C=O) groups is 2. The van der Waals surface area contributed by atoms with Crippen LogP contribution >= 0.6 is 23.2 Å². The highest BCUT2D eigenvalue weighted by atomic mass is 35.5. The molecule has 2 aromatic carbocycles. The van der Waals surface area contributed by atoms with Crippen LogP contribution in [0.4, 0.5) is 38.0 Å². The van der Waals surface area contributed by atoms with Crippen LogP contribution < -0.4 is 42.8 Å². The van der Waals surface area contributed by atoms with Crippen LogP contribution in [0.25, 0.3) is 50.2 Å². The molecule has 75 heavy (non-hydrogen) atoms. The number of fused-ring (bicyclic) bond motifs is 3. The van der Waals surface area contributed by atoms with Crippen molar-refractivity contribution in [3.8, 4) is 28.8 Å². The van der Waals surface area contributed by atoms with Gasteiger partial charge < -0.3 is 47.4 Å². The molecule has 0 radical (unpaired) electrons. The van der Waals surface area contributed by atoms with Crippen LogP contribution in [-0.2, 0) is 9.59 Å². The fraction of sp³-hybridized carbons (Fsp3) is 0.213. The van der Waals surface area contributed by atoms with E-state index in [-0.39, 0.29) is 71.6 Å². The van der Waals surface area contributed by atoms with Crippen molar-refractivity contribution in [1.29, 1.82) is 0 Å². The largest absolute Gasteiger partial charge is 0.488 e. The summed E-state index contributed by atoms with van der Waals surface area (Å²) in [6.07, 6.45) is 2.90. The van der Waals surface area contributed by atoms with E-state index in [9.17, 15) is 18.4 Å². The fourth-order valence-electron chi connectivity index (χ4n) is 6.12. The van der Waals surface area contributed by atoms with Crippen LogP contribution in [0.2, 0.25) is 10.3 Å². The van der Waals surface area contributed by atoms with Crippen LogP contribution in [0, 0.1) is 11.8 Å². The summed E-state index contributed by atoms with van der Waals surface area (Å²) in [4.78, 5) is 63.8. The molecule has 7 aromatic heterocycles. The molecule has 0 atom stereocenters. The lowest BCUT2D eigenvalue weighted by Crippen LogP contribution is -2.29. The first-order valence-electron chi connectivity index (χ1n) is 22.5. The zero-order valence-corrected chi connectivity index (χ0v) is 41.9. The number of amides is 2. The van der Waals surface area contributed by atoms with Crippen molar-refractivity contribution < 1.29 is 37.9 Å². The standard InChI is InChI=1S/C19H20FN5O2.C10H14BNO3.C9H8ClFN4O.C9H6ClN7/c1-11(2)17(26)22-13-5-3-12(4-6-13)14-7-8-15-16(23-14)18(27-10-9-20)25-19(21)24-15;1-7(2)10(13)12-9-5-3-8(4-6-9)11(14)15;10-6-2-1-5-7(14-6)8(16-4-3-11)15-9(12)13-5;10-6-2-1-5-7(15-6)8(16-9(11)14-5)17-4-12-3-13-17/h3-8,11H,9-10H2,1-2H3,(H,22,26)(H2,21,24,25);3-7,14-15H,1-2H3,(H,12,13);1-2H,3-4H2,(H2,12,13,15);1-4H,(H2,11,14,16). The molecule has 388 valence electrons. The number of pyridine rings is 3. The second kappa shape index (κ2) is 26.4. The Kier molecular flexibility index (Phi) is 19.6. The summed E-state index contributed by atoms with van der Waals surface area (Å²) in [5.74, 6) is 0.695. The Morgan fingerprint density at radius 2 is 1.07 bits per heavy atom. The number of halogens is 4. The number of nitrogen functional groups attached to an aromatic ring is 3. The second-order valence-electron chi connectivity index (χ2n) is 16.0. The van der Waals surface area contributed by atoms with Gasteiger partial charge in [-0.3, -0.25) is 9.59 Å². The highest BCUT2D eigenvalue weighted by Gasteiger charge is 2.15. The molecular formula is C47H48BCl2F2N17O6. The summed E-state index contributed by atoms with van der Waals surface area (Å²) < 4.78 is 36.3. The van der Waals surface area contributed by atoms with Gasteiger partial charge >= 0.3 is 7.12 Å². The Morgan fingerprint density at radius 1 is 0.613 bits per heavy atom. The molecule has 28 heteroatoms.